The SMILES string of the molecule is CC(C)(C)c1ccc(C(=O)NCC[C@@H](O)c2ccsc2)cc1. The molecule has 0 saturated carbocycles. The van der Waals surface area contributed by atoms with E-state index in [1.54, 1.807) is 11.3 Å². The highest BCUT2D eigenvalue weighted by Gasteiger charge is 2.14. The Morgan fingerprint density at radius 2 is 1.91 bits per heavy atom. The van der Waals surface area contributed by atoms with Gasteiger partial charge in [-0.25, -0.2) is 0 Å². The highest BCUT2D eigenvalue weighted by Crippen LogP contribution is 2.22. The fraction of sp³-hybridized carbons (Fsp3) is 0.389. The molecule has 22 heavy (non-hydrogen) atoms. The van der Waals surface area contributed by atoms with E-state index in [2.05, 4.69) is 26.1 Å². The van der Waals surface area contributed by atoms with E-state index in [1.807, 2.05) is 41.1 Å². The van der Waals surface area contributed by atoms with Crippen molar-refractivity contribution in [2.75, 3.05) is 6.54 Å². The lowest BCUT2D eigenvalue weighted by Gasteiger charge is -2.19. The first-order valence-electron chi connectivity index (χ1n) is 7.47. The maximum atomic E-state index is 12.1. The number of carbonyl (C=O) groups is 1. The van der Waals surface area contributed by atoms with Gasteiger partial charge in [0.1, 0.15) is 0 Å². The Morgan fingerprint density at radius 1 is 1.23 bits per heavy atom. The summed E-state index contributed by atoms with van der Waals surface area (Å²) in [6.07, 6.45) is -0.00227. The summed E-state index contributed by atoms with van der Waals surface area (Å²) < 4.78 is 0. The third-order valence-corrected chi connectivity index (χ3v) is 4.35. The second-order valence-corrected chi connectivity index (χ2v) is 7.22. The van der Waals surface area contributed by atoms with E-state index in [4.69, 9.17) is 0 Å². The summed E-state index contributed by atoms with van der Waals surface area (Å²) in [5.41, 5.74) is 2.85. The molecule has 0 aliphatic rings. The molecular formula is C18H23NO2S. The molecule has 0 aliphatic heterocycles. The molecule has 1 heterocycles. The topological polar surface area (TPSA) is 49.3 Å². The summed E-state index contributed by atoms with van der Waals surface area (Å²) in [6.45, 7) is 6.90. The van der Waals surface area contributed by atoms with Gasteiger partial charge in [0.05, 0.1) is 6.10 Å². The average molecular weight is 317 g/mol. The molecular weight excluding hydrogens is 294 g/mol. The van der Waals surface area contributed by atoms with E-state index in [0.29, 0.717) is 18.5 Å². The van der Waals surface area contributed by atoms with Gasteiger partial charge in [-0.2, -0.15) is 11.3 Å². The maximum absolute atomic E-state index is 12.1. The van der Waals surface area contributed by atoms with Gasteiger partial charge in [-0.1, -0.05) is 32.9 Å². The second kappa shape index (κ2) is 7.07. The summed E-state index contributed by atoms with van der Waals surface area (Å²) in [4.78, 5) is 12.1. The van der Waals surface area contributed by atoms with Crippen molar-refractivity contribution in [3.8, 4) is 0 Å². The molecule has 0 radical (unpaired) electrons. The molecule has 1 atom stereocenters. The average Bonchev–Trinajstić information content (AvgIpc) is 3.00. The van der Waals surface area contributed by atoms with Crippen LogP contribution in [0.15, 0.2) is 41.1 Å². The largest absolute Gasteiger partial charge is 0.388 e. The minimum atomic E-state index is -0.519. The van der Waals surface area contributed by atoms with Crippen LogP contribution in [-0.4, -0.2) is 17.6 Å². The van der Waals surface area contributed by atoms with E-state index in [1.165, 1.54) is 5.56 Å². The highest BCUT2D eigenvalue weighted by molar-refractivity contribution is 7.07. The lowest BCUT2D eigenvalue weighted by molar-refractivity contribution is 0.0942. The number of hydrogen-bond acceptors (Lipinski definition) is 3. The molecule has 0 spiro atoms. The van der Waals surface area contributed by atoms with Gasteiger partial charge in [-0.15, -0.1) is 0 Å². The minimum Gasteiger partial charge on any atom is -0.388 e. The Bertz CT molecular complexity index is 597. The number of benzene rings is 1. The van der Waals surface area contributed by atoms with Crippen molar-refractivity contribution >= 4 is 17.2 Å². The Hall–Kier alpha value is -1.65. The molecule has 3 nitrogen and oxygen atoms in total. The summed E-state index contributed by atoms with van der Waals surface area (Å²) in [6, 6.07) is 9.60. The van der Waals surface area contributed by atoms with Crippen molar-refractivity contribution in [2.45, 2.75) is 38.7 Å². The van der Waals surface area contributed by atoms with Gasteiger partial charge in [0.25, 0.3) is 5.91 Å². The van der Waals surface area contributed by atoms with Crippen LogP contribution in [0.25, 0.3) is 0 Å². The number of rotatable bonds is 5. The molecule has 0 aliphatic carbocycles. The molecule has 118 valence electrons. The molecule has 1 aromatic heterocycles. The summed E-state index contributed by atoms with van der Waals surface area (Å²) in [5.74, 6) is -0.0991. The van der Waals surface area contributed by atoms with Crippen molar-refractivity contribution < 1.29 is 9.90 Å². The first kappa shape index (κ1) is 16.7. The van der Waals surface area contributed by atoms with Crippen LogP contribution in [0, 0.1) is 0 Å². The summed E-state index contributed by atoms with van der Waals surface area (Å²) in [7, 11) is 0. The molecule has 0 bridgehead atoms. The van der Waals surface area contributed by atoms with Gasteiger partial charge >= 0.3 is 0 Å². The van der Waals surface area contributed by atoms with E-state index in [9.17, 15) is 9.90 Å². The molecule has 0 fully saturated rings. The Balaban J connectivity index is 1.85. The van der Waals surface area contributed by atoms with Crippen molar-refractivity contribution in [3.63, 3.8) is 0 Å². The van der Waals surface area contributed by atoms with Crippen LogP contribution in [0.5, 0.6) is 0 Å². The van der Waals surface area contributed by atoms with Crippen LogP contribution in [-0.2, 0) is 5.41 Å². The molecule has 1 aromatic carbocycles. The lowest BCUT2D eigenvalue weighted by Crippen LogP contribution is -2.25. The van der Waals surface area contributed by atoms with Crippen LogP contribution < -0.4 is 5.32 Å². The number of hydrogen-bond donors (Lipinski definition) is 2. The van der Waals surface area contributed by atoms with Gasteiger partial charge in [-0.05, 0) is 51.9 Å². The van der Waals surface area contributed by atoms with Gasteiger partial charge < -0.3 is 10.4 Å². The van der Waals surface area contributed by atoms with Crippen molar-refractivity contribution in [3.05, 3.63) is 57.8 Å². The smallest absolute Gasteiger partial charge is 0.251 e. The monoisotopic (exact) mass is 317 g/mol. The van der Waals surface area contributed by atoms with Crippen LogP contribution in [0.2, 0.25) is 0 Å². The van der Waals surface area contributed by atoms with E-state index >= 15 is 0 Å². The third kappa shape index (κ3) is 4.42. The van der Waals surface area contributed by atoms with Crippen molar-refractivity contribution in [2.24, 2.45) is 0 Å². The Morgan fingerprint density at radius 3 is 2.45 bits per heavy atom. The van der Waals surface area contributed by atoms with Crippen LogP contribution in [0.3, 0.4) is 0 Å². The molecule has 4 heteroatoms. The van der Waals surface area contributed by atoms with E-state index in [-0.39, 0.29) is 11.3 Å². The number of aliphatic hydroxyl groups excluding tert-OH is 1. The standard InChI is InChI=1S/C18H23NO2S/c1-18(2,3)15-6-4-13(5-7-15)17(21)19-10-8-16(20)14-9-11-22-12-14/h4-7,9,11-12,16,20H,8,10H2,1-3H3,(H,19,21)/t16-/m1/s1. The maximum Gasteiger partial charge on any atom is 0.251 e. The quantitative estimate of drug-likeness (QED) is 0.878. The first-order chi connectivity index (χ1) is 10.4. The third-order valence-electron chi connectivity index (χ3n) is 3.64. The zero-order valence-corrected chi connectivity index (χ0v) is 14.1. The molecule has 0 unspecified atom stereocenters. The normalized spacial score (nSPS) is 12.9. The van der Waals surface area contributed by atoms with Crippen molar-refractivity contribution in [1.82, 2.24) is 5.32 Å². The van der Waals surface area contributed by atoms with Gasteiger partial charge in [0, 0.05) is 12.1 Å². The predicted octanol–water partition coefficient (Wildman–Crippen LogP) is 3.90. The fourth-order valence-electron chi connectivity index (χ4n) is 2.18. The van der Waals surface area contributed by atoms with Crippen LogP contribution >= 0.6 is 11.3 Å². The molecule has 1 amide bonds. The Kier molecular flexibility index (Phi) is 5.37. The second-order valence-electron chi connectivity index (χ2n) is 6.44. The van der Waals surface area contributed by atoms with Gasteiger partial charge in [-0.3, -0.25) is 4.79 Å². The zero-order chi connectivity index (χ0) is 16.2. The Labute approximate surface area is 136 Å². The van der Waals surface area contributed by atoms with Gasteiger partial charge in [0.15, 0.2) is 0 Å². The molecule has 0 saturated heterocycles. The van der Waals surface area contributed by atoms with Crippen LogP contribution in [0.1, 0.15) is 54.8 Å². The summed E-state index contributed by atoms with van der Waals surface area (Å²) >= 11 is 1.56. The van der Waals surface area contributed by atoms with E-state index in [0.717, 1.165) is 5.56 Å². The molecule has 2 aromatic rings. The number of amides is 1. The van der Waals surface area contributed by atoms with Gasteiger partial charge in [0.2, 0.25) is 0 Å². The summed E-state index contributed by atoms with van der Waals surface area (Å²) in [5, 5.41) is 16.7. The zero-order valence-electron chi connectivity index (χ0n) is 13.3. The lowest BCUT2D eigenvalue weighted by atomic mass is 9.87. The van der Waals surface area contributed by atoms with E-state index < -0.39 is 6.10 Å². The number of nitrogens with one attached hydrogen (secondary N) is 1. The van der Waals surface area contributed by atoms with Crippen LogP contribution in [0.4, 0.5) is 0 Å². The molecule has 2 N–H and O–H groups in total. The predicted molar refractivity (Wildman–Crippen MR) is 91.4 cm³/mol. The van der Waals surface area contributed by atoms with Crippen molar-refractivity contribution in [1.29, 1.82) is 0 Å². The molecule has 2 rings (SSSR count). The highest BCUT2D eigenvalue weighted by atomic mass is 32.1. The first-order valence-corrected chi connectivity index (χ1v) is 8.41. The number of thiophene rings is 1. The fourth-order valence-corrected chi connectivity index (χ4v) is 2.88. The minimum absolute atomic E-state index is 0.0830. The number of carbonyl (C=O) groups excluding carboxylic acids is 1. The number of aliphatic hydroxyl groups is 1.